The number of hydrogen-bond acceptors (Lipinski definition) is 8. The van der Waals surface area contributed by atoms with Crippen LogP contribution in [0.2, 0.25) is 0 Å². The molecule has 178 valence electrons. The Balaban J connectivity index is 2.08. The van der Waals surface area contributed by atoms with Crippen LogP contribution in [0.25, 0.3) is 0 Å². The molecule has 0 fully saturated rings. The molecule has 2 aromatic rings. The van der Waals surface area contributed by atoms with E-state index in [0.29, 0.717) is 0 Å². The van der Waals surface area contributed by atoms with Gasteiger partial charge in [-0.1, -0.05) is 6.07 Å². The summed E-state index contributed by atoms with van der Waals surface area (Å²) in [5, 5.41) is 4.07. The van der Waals surface area contributed by atoms with Gasteiger partial charge in [0, 0.05) is 18.6 Å². The minimum atomic E-state index is -3.71. The standard InChI is InChI=1S/C20H20F2N2O7S2/c1-4-30-15-7-11(5-6-14(15)31-20(21)22)13(9-33(3,28)29)24-18(26)12-8-32-17(23-10(2)25)16(12)19(24)27/h5-8,13,20H,4,9H2,1-3H3,(H,23,25). The van der Waals surface area contributed by atoms with E-state index in [2.05, 4.69) is 10.1 Å². The number of ether oxygens (including phenoxy) is 2. The molecule has 2 heterocycles. The Labute approximate surface area is 192 Å². The van der Waals surface area contributed by atoms with Crippen molar-refractivity contribution in [3.8, 4) is 11.5 Å². The number of halogens is 2. The molecule has 1 aliphatic heterocycles. The van der Waals surface area contributed by atoms with E-state index in [4.69, 9.17) is 4.74 Å². The number of nitrogens with zero attached hydrogens (tertiary/aromatic N) is 1. The first-order valence-corrected chi connectivity index (χ1v) is 12.5. The van der Waals surface area contributed by atoms with Gasteiger partial charge in [-0.2, -0.15) is 8.78 Å². The summed E-state index contributed by atoms with van der Waals surface area (Å²) < 4.78 is 59.6. The fraction of sp³-hybridized carbons (Fsp3) is 0.350. The van der Waals surface area contributed by atoms with E-state index < -0.39 is 46.0 Å². The molecular weight excluding hydrogens is 482 g/mol. The molecule has 1 N–H and O–H groups in total. The van der Waals surface area contributed by atoms with Crippen LogP contribution in [0.15, 0.2) is 23.6 Å². The zero-order chi connectivity index (χ0) is 24.5. The zero-order valence-electron chi connectivity index (χ0n) is 17.8. The summed E-state index contributed by atoms with van der Waals surface area (Å²) in [7, 11) is -3.71. The molecule has 9 nitrogen and oxygen atoms in total. The topological polar surface area (TPSA) is 119 Å². The van der Waals surface area contributed by atoms with Gasteiger partial charge < -0.3 is 14.8 Å². The maximum atomic E-state index is 13.2. The number of rotatable bonds is 9. The maximum Gasteiger partial charge on any atom is 0.387 e. The highest BCUT2D eigenvalue weighted by molar-refractivity contribution is 7.90. The van der Waals surface area contributed by atoms with Crippen molar-refractivity contribution in [2.24, 2.45) is 0 Å². The number of alkyl halides is 2. The van der Waals surface area contributed by atoms with Gasteiger partial charge in [0.05, 0.1) is 29.5 Å². The molecule has 0 spiro atoms. The van der Waals surface area contributed by atoms with Crippen LogP contribution in [0.5, 0.6) is 11.5 Å². The highest BCUT2D eigenvalue weighted by Gasteiger charge is 2.44. The second-order valence-corrected chi connectivity index (χ2v) is 10.2. The van der Waals surface area contributed by atoms with Gasteiger partial charge in [-0.25, -0.2) is 8.42 Å². The third-order valence-corrected chi connectivity index (χ3v) is 6.42. The lowest BCUT2D eigenvalue weighted by molar-refractivity contribution is -0.114. The molecule has 0 radical (unpaired) electrons. The molecule has 1 unspecified atom stereocenters. The third kappa shape index (κ3) is 5.30. The molecule has 1 atom stereocenters. The number of anilines is 1. The number of carbonyl (C=O) groups is 3. The summed E-state index contributed by atoms with van der Waals surface area (Å²) in [5.41, 5.74) is 0.179. The summed E-state index contributed by atoms with van der Waals surface area (Å²) in [6.45, 7) is -0.165. The highest BCUT2D eigenvalue weighted by atomic mass is 32.2. The Kier molecular flexibility index (Phi) is 7.03. The lowest BCUT2D eigenvalue weighted by Gasteiger charge is -2.27. The number of hydrogen-bond donors (Lipinski definition) is 1. The molecule has 1 aliphatic rings. The van der Waals surface area contributed by atoms with Crippen LogP contribution >= 0.6 is 11.3 Å². The zero-order valence-corrected chi connectivity index (χ0v) is 19.4. The number of carbonyl (C=O) groups excluding carboxylic acids is 3. The van der Waals surface area contributed by atoms with E-state index in [1.807, 2.05) is 0 Å². The predicted molar refractivity (Wildman–Crippen MR) is 116 cm³/mol. The number of benzene rings is 1. The van der Waals surface area contributed by atoms with Crippen molar-refractivity contribution in [3.05, 3.63) is 40.3 Å². The fourth-order valence-corrected chi connectivity index (χ4v) is 5.29. The van der Waals surface area contributed by atoms with Crippen LogP contribution < -0.4 is 14.8 Å². The Morgan fingerprint density at radius 1 is 1.21 bits per heavy atom. The molecule has 1 aromatic heterocycles. The predicted octanol–water partition coefficient (Wildman–Crippen LogP) is 3.09. The smallest absolute Gasteiger partial charge is 0.387 e. The van der Waals surface area contributed by atoms with Crippen molar-refractivity contribution in [3.63, 3.8) is 0 Å². The van der Waals surface area contributed by atoms with E-state index in [1.165, 1.54) is 24.4 Å². The summed E-state index contributed by atoms with van der Waals surface area (Å²) in [4.78, 5) is 38.5. The minimum Gasteiger partial charge on any atom is -0.490 e. The SMILES string of the molecule is CCOc1cc(C(CS(C)(=O)=O)N2C(=O)c3csc(NC(C)=O)c3C2=O)ccc1OC(F)F. The Morgan fingerprint density at radius 3 is 2.48 bits per heavy atom. The largest absolute Gasteiger partial charge is 0.490 e. The average molecular weight is 503 g/mol. The highest BCUT2D eigenvalue weighted by Crippen LogP contribution is 2.41. The molecule has 3 rings (SSSR count). The number of nitrogens with one attached hydrogen (secondary N) is 1. The third-order valence-electron chi connectivity index (χ3n) is 4.60. The van der Waals surface area contributed by atoms with Crippen LogP contribution in [0.4, 0.5) is 13.8 Å². The van der Waals surface area contributed by atoms with E-state index >= 15 is 0 Å². The number of sulfone groups is 1. The van der Waals surface area contributed by atoms with Crippen LogP contribution in [-0.2, 0) is 14.6 Å². The first-order valence-electron chi connectivity index (χ1n) is 9.59. The average Bonchev–Trinajstić information content (AvgIpc) is 3.20. The first-order chi connectivity index (χ1) is 15.4. The monoisotopic (exact) mass is 502 g/mol. The van der Waals surface area contributed by atoms with E-state index in [-0.39, 0.29) is 39.8 Å². The van der Waals surface area contributed by atoms with Crippen molar-refractivity contribution < 1.29 is 41.1 Å². The number of amides is 3. The molecule has 33 heavy (non-hydrogen) atoms. The van der Waals surface area contributed by atoms with Gasteiger partial charge in [-0.15, -0.1) is 11.3 Å². The quantitative estimate of drug-likeness (QED) is 0.524. The lowest BCUT2D eigenvalue weighted by Crippen LogP contribution is -2.38. The van der Waals surface area contributed by atoms with E-state index in [1.54, 1.807) is 6.92 Å². The molecule has 0 aliphatic carbocycles. The second-order valence-electron chi connectivity index (χ2n) is 7.14. The molecular formula is C20H20F2N2O7S2. The number of fused-ring (bicyclic) bond motifs is 1. The van der Waals surface area contributed by atoms with Gasteiger partial charge in [-0.05, 0) is 24.6 Å². The van der Waals surface area contributed by atoms with Crippen molar-refractivity contribution >= 4 is 43.9 Å². The maximum absolute atomic E-state index is 13.2. The second kappa shape index (κ2) is 9.43. The number of imide groups is 1. The van der Waals surface area contributed by atoms with Gasteiger partial charge >= 0.3 is 6.61 Å². The molecule has 0 saturated carbocycles. The van der Waals surface area contributed by atoms with E-state index in [9.17, 15) is 31.6 Å². The van der Waals surface area contributed by atoms with Crippen LogP contribution in [0.3, 0.4) is 0 Å². The summed E-state index contributed by atoms with van der Waals surface area (Å²) >= 11 is 1.00. The van der Waals surface area contributed by atoms with Gasteiger partial charge in [0.25, 0.3) is 11.8 Å². The Bertz CT molecular complexity index is 1210. The fourth-order valence-electron chi connectivity index (χ4n) is 3.41. The van der Waals surface area contributed by atoms with Gasteiger partial charge in [0.1, 0.15) is 14.8 Å². The van der Waals surface area contributed by atoms with Gasteiger partial charge in [-0.3, -0.25) is 19.3 Å². The van der Waals surface area contributed by atoms with Crippen LogP contribution in [0, 0.1) is 0 Å². The Hall–Kier alpha value is -3.06. The Morgan fingerprint density at radius 2 is 1.91 bits per heavy atom. The molecule has 3 amide bonds. The lowest BCUT2D eigenvalue weighted by atomic mass is 10.1. The first kappa shape index (κ1) is 24.6. The van der Waals surface area contributed by atoms with Gasteiger partial charge in [0.15, 0.2) is 11.5 Å². The van der Waals surface area contributed by atoms with Crippen molar-refractivity contribution in [1.82, 2.24) is 4.90 Å². The molecule has 1 aromatic carbocycles. The van der Waals surface area contributed by atoms with Crippen molar-refractivity contribution in [2.75, 3.05) is 23.9 Å². The van der Waals surface area contributed by atoms with Crippen LogP contribution in [0.1, 0.15) is 46.2 Å². The minimum absolute atomic E-state index is 0.0265. The summed E-state index contributed by atoms with van der Waals surface area (Å²) in [6.07, 6.45) is 0.945. The normalized spacial score (nSPS) is 14.4. The molecule has 13 heteroatoms. The van der Waals surface area contributed by atoms with Gasteiger partial charge in [0.2, 0.25) is 5.91 Å². The number of thiophene rings is 1. The molecule has 0 bridgehead atoms. The molecule has 0 saturated heterocycles. The summed E-state index contributed by atoms with van der Waals surface area (Å²) in [6, 6.07) is 2.43. The van der Waals surface area contributed by atoms with Crippen molar-refractivity contribution in [2.45, 2.75) is 26.5 Å². The van der Waals surface area contributed by atoms with Crippen molar-refractivity contribution in [1.29, 1.82) is 0 Å². The van der Waals surface area contributed by atoms with E-state index in [0.717, 1.165) is 28.6 Å². The van der Waals surface area contributed by atoms with Crippen LogP contribution in [-0.4, -0.2) is 56.3 Å². The summed E-state index contributed by atoms with van der Waals surface area (Å²) in [5.74, 6) is -2.95.